The first-order chi connectivity index (χ1) is 10.2. The van der Waals surface area contributed by atoms with Crippen LogP contribution in [0.4, 0.5) is 0 Å². The Morgan fingerprint density at radius 1 is 1.33 bits per heavy atom. The lowest BCUT2D eigenvalue weighted by atomic mass is 10.2. The van der Waals surface area contributed by atoms with Crippen LogP contribution in [0.15, 0.2) is 18.5 Å². The molecule has 3 rings (SSSR count). The van der Waals surface area contributed by atoms with E-state index in [4.69, 9.17) is 4.74 Å². The molecule has 1 aliphatic rings. The van der Waals surface area contributed by atoms with Gasteiger partial charge in [0, 0.05) is 32.0 Å². The van der Waals surface area contributed by atoms with E-state index in [0.29, 0.717) is 0 Å². The average molecular weight is 290 g/mol. The highest BCUT2D eigenvalue weighted by molar-refractivity contribution is 4.88. The maximum absolute atomic E-state index is 5.86. The second-order valence-corrected chi connectivity index (χ2v) is 5.45. The molecule has 1 fully saturated rings. The van der Waals surface area contributed by atoms with Gasteiger partial charge in [-0.25, -0.2) is 9.67 Å². The zero-order valence-electron chi connectivity index (χ0n) is 12.6. The van der Waals surface area contributed by atoms with Gasteiger partial charge >= 0.3 is 0 Å². The van der Waals surface area contributed by atoms with E-state index in [2.05, 4.69) is 20.1 Å². The average Bonchev–Trinajstić information content (AvgIpc) is 3.07. The Kier molecular flexibility index (Phi) is 4.31. The Morgan fingerprint density at radius 3 is 2.95 bits per heavy atom. The van der Waals surface area contributed by atoms with Crippen molar-refractivity contribution in [2.45, 2.75) is 33.0 Å². The summed E-state index contributed by atoms with van der Waals surface area (Å²) in [4.78, 5) is 6.76. The summed E-state index contributed by atoms with van der Waals surface area (Å²) in [6, 6.07) is 1.96. The predicted octanol–water partition coefficient (Wildman–Crippen LogP) is 0.492. The lowest BCUT2D eigenvalue weighted by Gasteiger charge is -2.32. The number of ether oxygens (including phenoxy) is 1. The molecule has 0 unspecified atom stereocenters. The molecule has 3 heterocycles. The largest absolute Gasteiger partial charge is 0.374 e. The van der Waals surface area contributed by atoms with Crippen molar-refractivity contribution in [2.75, 3.05) is 26.2 Å². The highest BCUT2D eigenvalue weighted by Gasteiger charge is 2.21. The molecule has 0 radical (unpaired) electrons. The van der Waals surface area contributed by atoms with Gasteiger partial charge in [0.05, 0.1) is 25.8 Å². The Hall–Kier alpha value is -1.73. The highest BCUT2D eigenvalue weighted by Crippen LogP contribution is 2.09. The third kappa shape index (κ3) is 3.68. The topological polar surface area (TPSA) is 61.0 Å². The zero-order valence-corrected chi connectivity index (χ0v) is 12.6. The smallest absolute Gasteiger partial charge is 0.147 e. The van der Waals surface area contributed by atoms with Gasteiger partial charge in [-0.3, -0.25) is 9.58 Å². The van der Waals surface area contributed by atoms with Gasteiger partial charge in [0.25, 0.3) is 0 Å². The van der Waals surface area contributed by atoms with Crippen LogP contribution < -0.4 is 0 Å². The Labute approximate surface area is 124 Å². The van der Waals surface area contributed by atoms with Gasteiger partial charge in [-0.2, -0.15) is 10.2 Å². The van der Waals surface area contributed by atoms with E-state index in [9.17, 15) is 0 Å². The number of rotatable bonds is 5. The molecule has 2 aromatic rings. The van der Waals surface area contributed by atoms with Crippen LogP contribution in [0.2, 0.25) is 0 Å². The first kappa shape index (κ1) is 14.2. The van der Waals surface area contributed by atoms with Crippen molar-refractivity contribution in [1.29, 1.82) is 0 Å². The van der Waals surface area contributed by atoms with Crippen LogP contribution in [0, 0.1) is 13.8 Å². The molecule has 2 aromatic heterocycles. The maximum atomic E-state index is 5.86. The third-order valence-corrected chi connectivity index (χ3v) is 3.77. The van der Waals surface area contributed by atoms with E-state index in [1.54, 1.807) is 0 Å². The van der Waals surface area contributed by atoms with Crippen LogP contribution in [0.25, 0.3) is 0 Å². The molecule has 0 N–H and O–H groups in total. The molecular formula is C14H22N6O. The molecular weight excluding hydrogens is 268 g/mol. The van der Waals surface area contributed by atoms with Crippen molar-refractivity contribution >= 4 is 0 Å². The molecule has 21 heavy (non-hydrogen) atoms. The molecule has 0 aromatic carbocycles. The van der Waals surface area contributed by atoms with E-state index in [1.165, 1.54) is 0 Å². The molecule has 0 amide bonds. The minimum absolute atomic E-state index is 0.177. The normalized spacial score (nSPS) is 20.0. The predicted molar refractivity (Wildman–Crippen MR) is 77.9 cm³/mol. The first-order valence-corrected chi connectivity index (χ1v) is 7.40. The van der Waals surface area contributed by atoms with Gasteiger partial charge in [0.2, 0.25) is 0 Å². The van der Waals surface area contributed by atoms with Crippen LogP contribution in [-0.4, -0.2) is 61.8 Å². The molecule has 1 aliphatic heterocycles. The minimum Gasteiger partial charge on any atom is -0.374 e. The van der Waals surface area contributed by atoms with Crippen molar-refractivity contribution in [3.8, 4) is 0 Å². The number of hydrogen-bond donors (Lipinski definition) is 0. The number of aryl methyl sites for hydroxylation is 2. The van der Waals surface area contributed by atoms with Crippen molar-refractivity contribution in [3.05, 3.63) is 30.1 Å². The summed E-state index contributed by atoms with van der Waals surface area (Å²) >= 11 is 0. The summed E-state index contributed by atoms with van der Waals surface area (Å²) in [6.07, 6.45) is 3.99. The van der Waals surface area contributed by atoms with Crippen molar-refractivity contribution in [2.24, 2.45) is 0 Å². The van der Waals surface area contributed by atoms with Gasteiger partial charge in [-0.1, -0.05) is 0 Å². The quantitative estimate of drug-likeness (QED) is 0.802. The highest BCUT2D eigenvalue weighted by atomic mass is 16.5. The van der Waals surface area contributed by atoms with Crippen molar-refractivity contribution in [3.63, 3.8) is 0 Å². The second kappa shape index (κ2) is 6.36. The summed E-state index contributed by atoms with van der Waals surface area (Å²) in [5, 5.41) is 8.65. The zero-order chi connectivity index (χ0) is 14.7. The van der Waals surface area contributed by atoms with Gasteiger partial charge < -0.3 is 4.74 Å². The van der Waals surface area contributed by atoms with Crippen molar-refractivity contribution < 1.29 is 4.74 Å². The Morgan fingerprint density at radius 2 is 2.24 bits per heavy atom. The van der Waals surface area contributed by atoms with Crippen molar-refractivity contribution in [1.82, 2.24) is 29.4 Å². The van der Waals surface area contributed by atoms with Crippen LogP contribution in [0.3, 0.4) is 0 Å². The monoisotopic (exact) mass is 290 g/mol. The summed E-state index contributed by atoms with van der Waals surface area (Å²) in [5.74, 6) is 1.77. The van der Waals surface area contributed by atoms with Gasteiger partial charge in [0.1, 0.15) is 11.6 Å². The van der Waals surface area contributed by atoms with Crippen LogP contribution in [-0.2, 0) is 17.8 Å². The standard InChI is InChI=1S/C14H22N6O/c1-12-16-13(2)20(17-12)11-14-10-18(8-9-21-14)6-7-19-5-3-4-15-19/h3-5,14H,6-11H2,1-2H3/t14-/m0/s1. The van der Waals surface area contributed by atoms with Gasteiger partial charge in [-0.05, 0) is 19.9 Å². The third-order valence-electron chi connectivity index (χ3n) is 3.77. The van der Waals surface area contributed by atoms with Crippen LogP contribution >= 0.6 is 0 Å². The van der Waals surface area contributed by atoms with Crippen LogP contribution in [0.5, 0.6) is 0 Å². The maximum Gasteiger partial charge on any atom is 0.147 e. The number of nitrogens with zero attached hydrogens (tertiary/aromatic N) is 6. The Balaban J connectivity index is 1.52. The molecule has 114 valence electrons. The summed E-state index contributed by atoms with van der Waals surface area (Å²) in [7, 11) is 0. The fourth-order valence-electron chi connectivity index (χ4n) is 2.70. The van der Waals surface area contributed by atoms with E-state index in [0.717, 1.165) is 51.0 Å². The molecule has 1 atom stereocenters. The van der Waals surface area contributed by atoms with E-state index in [1.807, 2.05) is 41.7 Å². The molecule has 1 saturated heterocycles. The molecule has 7 heteroatoms. The number of morpholine rings is 1. The first-order valence-electron chi connectivity index (χ1n) is 7.40. The van der Waals surface area contributed by atoms with Crippen LogP contribution in [0.1, 0.15) is 11.6 Å². The van der Waals surface area contributed by atoms with Gasteiger partial charge in [0.15, 0.2) is 0 Å². The number of hydrogen-bond acceptors (Lipinski definition) is 5. The molecule has 0 aliphatic carbocycles. The molecule has 0 spiro atoms. The second-order valence-electron chi connectivity index (χ2n) is 5.45. The SMILES string of the molecule is Cc1nc(C)n(C[C@@H]2CN(CCn3cccn3)CCO2)n1. The lowest BCUT2D eigenvalue weighted by Crippen LogP contribution is -2.45. The summed E-state index contributed by atoms with van der Waals surface area (Å²) in [5.41, 5.74) is 0. The summed E-state index contributed by atoms with van der Waals surface area (Å²) in [6.45, 7) is 9.27. The molecule has 0 bridgehead atoms. The number of aromatic nitrogens is 5. The molecule has 0 saturated carbocycles. The van der Waals surface area contributed by atoms with E-state index in [-0.39, 0.29) is 6.10 Å². The van der Waals surface area contributed by atoms with E-state index < -0.39 is 0 Å². The fraction of sp³-hybridized carbons (Fsp3) is 0.643. The lowest BCUT2D eigenvalue weighted by molar-refractivity contribution is -0.0388. The van der Waals surface area contributed by atoms with Gasteiger partial charge in [-0.15, -0.1) is 0 Å². The Bertz CT molecular complexity index is 564. The summed E-state index contributed by atoms with van der Waals surface area (Å²) < 4.78 is 9.77. The molecule has 7 nitrogen and oxygen atoms in total. The van der Waals surface area contributed by atoms with E-state index >= 15 is 0 Å². The minimum atomic E-state index is 0.177. The fourth-order valence-corrected chi connectivity index (χ4v) is 2.70.